The standard InChI is InChI=1S/C14H20N4O2/c1-3-6-18(8-13(19)16-2)9-14-17-11-7-10(15)4-5-12(11)20-14/h4-5,7H,3,6,8-9,15H2,1-2H3,(H,16,19). The van der Waals surface area contributed by atoms with Crippen molar-refractivity contribution in [3.8, 4) is 0 Å². The zero-order valence-corrected chi connectivity index (χ0v) is 11.8. The number of hydrogen-bond acceptors (Lipinski definition) is 5. The Morgan fingerprint density at radius 1 is 1.50 bits per heavy atom. The Morgan fingerprint density at radius 2 is 2.30 bits per heavy atom. The first-order valence-corrected chi connectivity index (χ1v) is 6.70. The number of nitrogens with two attached hydrogens (primary N) is 1. The number of anilines is 1. The fourth-order valence-corrected chi connectivity index (χ4v) is 2.06. The van der Waals surface area contributed by atoms with Gasteiger partial charge < -0.3 is 15.5 Å². The molecule has 1 amide bonds. The van der Waals surface area contributed by atoms with Crippen molar-refractivity contribution in [3.05, 3.63) is 24.1 Å². The van der Waals surface area contributed by atoms with Crippen LogP contribution in [0.5, 0.6) is 0 Å². The second-order valence-corrected chi connectivity index (χ2v) is 4.72. The predicted octanol–water partition coefficient (Wildman–Crippen LogP) is 1.37. The van der Waals surface area contributed by atoms with Crippen molar-refractivity contribution in [2.45, 2.75) is 19.9 Å². The summed E-state index contributed by atoms with van der Waals surface area (Å²) in [6, 6.07) is 5.38. The molecule has 1 aromatic heterocycles. The van der Waals surface area contributed by atoms with Crippen LogP contribution in [0.25, 0.3) is 11.1 Å². The maximum absolute atomic E-state index is 11.5. The van der Waals surface area contributed by atoms with E-state index in [9.17, 15) is 4.79 Å². The molecule has 108 valence electrons. The lowest BCUT2D eigenvalue weighted by Crippen LogP contribution is -2.35. The van der Waals surface area contributed by atoms with Crippen molar-refractivity contribution < 1.29 is 9.21 Å². The van der Waals surface area contributed by atoms with Crippen molar-refractivity contribution in [1.29, 1.82) is 0 Å². The number of likely N-dealkylation sites (N-methyl/N-ethyl adjacent to an activating group) is 1. The largest absolute Gasteiger partial charge is 0.439 e. The fraction of sp³-hybridized carbons (Fsp3) is 0.429. The van der Waals surface area contributed by atoms with Crippen molar-refractivity contribution in [3.63, 3.8) is 0 Å². The number of rotatable bonds is 6. The molecule has 0 radical (unpaired) electrons. The Bertz CT molecular complexity index is 594. The molecule has 0 unspecified atom stereocenters. The van der Waals surface area contributed by atoms with Crippen LogP contribution in [0.3, 0.4) is 0 Å². The molecule has 0 saturated carbocycles. The van der Waals surface area contributed by atoms with E-state index in [4.69, 9.17) is 10.2 Å². The lowest BCUT2D eigenvalue weighted by molar-refractivity contribution is -0.121. The molecule has 6 heteroatoms. The van der Waals surface area contributed by atoms with Gasteiger partial charge in [0.05, 0.1) is 13.1 Å². The van der Waals surface area contributed by atoms with Gasteiger partial charge in [-0.1, -0.05) is 6.92 Å². The summed E-state index contributed by atoms with van der Waals surface area (Å²) in [4.78, 5) is 17.9. The fourth-order valence-electron chi connectivity index (χ4n) is 2.06. The molecule has 0 bridgehead atoms. The van der Waals surface area contributed by atoms with Crippen LogP contribution >= 0.6 is 0 Å². The van der Waals surface area contributed by atoms with Gasteiger partial charge >= 0.3 is 0 Å². The molecule has 0 saturated heterocycles. The van der Waals surface area contributed by atoms with Crippen LogP contribution < -0.4 is 11.1 Å². The molecule has 0 spiro atoms. The van der Waals surface area contributed by atoms with Gasteiger partial charge in [0.25, 0.3) is 0 Å². The Labute approximate surface area is 117 Å². The van der Waals surface area contributed by atoms with E-state index in [0.29, 0.717) is 30.3 Å². The zero-order chi connectivity index (χ0) is 14.5. The molecule has 1 aromatic carbocycles. The van der Waals surface area contributed by atoms with E-state index in [1.165, 1.54) is 0 Å². The Morgan fingerprint density at radius 3 is 3.00 bits per heavy atom. The highest BCUT2D eigenvalue weighted by Crippen LogP contribution is 2.19. The van der Waals surface area contributed by atoms with Gasteiger partial charge in [-0.3, -0.25) is 9.69 Å². The molecule has 6 nitrogen and oxygen atoms in total. The molecular formula is C14H20N4O2. The quantitative estimate of drug-likeness (QED) is 0.778. The average Bonchev–Trinajstić information content (AvgIpc) is 2.80. The minimum absolute atomic E-state index is 0.0150. The van der Waals surface area contributed by atoms with Gasteiger partial charge in [0, 0.05) is 12.7 Å². The number of carbonyl (C=O) groups is 1. The van der Waals surface area contributed by atoms with Gasteiger partial charge in [-0.25, -0.2) is 4.98 Å². The van der Waals surface area contributed by atoms with E-state index in [0.717, 1.165) is 18.5 Å². The molecule has 2 rings (SSSR count). The van der Waals surface area contributed by atoms with Crippen LogP contribution in [0.4, 0.5) is 5.69 Å². The highest BCUT2D eigenvalue weighted by Gasteiger charge is 2.13. The lowest BCUT2D eigenvalue weighted by Gasteiger charge is -2.18. The molecule has 0 atom stereocenters. The maximum atomic E-state index is 11.5. The second-order valence-electron chi connectivity index (χ2n) is 4.72. The summed E-state index contributed by atoms with van der Waals surface area (Å²) in [5.74, 6) is 0.585. The van der Waals surface area contributed by atoms with Crippen molar-refractivity contribution in [2.24, 2.45) is 0 Å². The van der Waals surface area contributed by atoms with Crippen LogP contribution in [0.15, 0.2) is 22.6 Å². The Kier molecular flexibility index (Phi) is 4.57. The summed E-state index contributed by atoms with van der Waals surface area (Å²) in [5.41, 5.74) is 7.84. The van der Waals surface area contributed by atoms with Crippen molar-refractivity contribution >= 4 is 22.7 Å². The minimum atomic E-state index is -0.0150. The molecular weight excluding hydrogens is 256 g/mol. The Balaban J connectivity index is 2.13. The van der Waals surface area contributed by atoms with E-state index < -0.39 is 0 Å². The third-order valence-electron chi connectivity index (χ3n) is 3.00. The van der Waals surface area contributed by atoms with E-state index >= 15 is 0 Å². The van der Waals surface area contributed by atoms with Gasteiger partial charge in [-0.2, -0.15) is 0 Å². The number of nitrogens with one attached hydrogen (secondary N) is 1. The van der Waals surface area contributed by atoms with E-state index in [2.05, 4.69) is 17.2 Å². The minimum Gasteiger partial charge on any atom is -0.439 e. The zero-order valence-electron chi connectivity index (χ0n) is 11.8. The van der Waals surface area contributed by atoms with Crippen LogP contribution in [0.1, 0.15) is 19.2 Å². The highest BCUT2D eigenvalue weighted by molar-refractivity contribution is 5.78. The summed E-state index contributed by atoms with van der Waals surface area (Å²) in [7, 11) is 1.63. The first-order chi connectivity index (χ1) is 9.62. The van der Waals surface area contributed by atoms with E-state index in [-0.39, 0.29) is 5.91 Å². The molecule has 0 aliphatic rings. The molecule has 20 heavy (non-hydrogen) atoms. The second kappa shape index (κ2) is 6.38. The number of amides is 1. The van der Waals surface area contributed by atoms with Gasteiger partial charge in [-0.15, -0.1) is 0 Å². The SMILES string of the molecule is CCCN(CC(=O)NC)Cc1nc2cc(N)ccc2o1. The smallest absolute Gasteiger partial charge is 0.233 e. The van der Waals surface area contributed by atoms with Crippen molar-refractivity contribution in [1.82, 2.24) is 15.2 Å². The first kappa shape index (κ1) is 14.3. The van der Waals surface area contributed by atoms with Gasteiger partial charge in [0.1, 0.15) is 5.52 Å². The molecule has 0 aliphatic heterocycles. The number of carbonyl (C=O) groups excluding carboxylic acids is 1. The monoisotopic (exact) mass is 276 g/mol. The van der Waals surface area contributed by atoms with E-state index in [1.54, 1.807) is 19.2 Å². The number of aromatic nitrogens is 1. The summed E-state index contributed by atoms with van der Waals surface area (Å²) in [6.45, 7) is 3.74. The molecule has 0 fully saturated rings. The molecule has 3 N–H and O–H groups in total. The van der Waals surface area contributed by atoms with Crippen LogP contribution in [-0.2, 0) is 11.3 Å². The third-order valence-corrected chi connectivity index (χ3v) is 3.00. The predicted molar refractivity (Wildman–Crippen MR) is 78.1 cm³/mol. The van der Waals surface area contributed by atoms with Gasteiger partial charge in [-0.05, 0) is 31.2 Å². The number of hydrogen-bond donors (Lipinski definition) is 2. The number of benzene rings is 1. The van der Waals surface area contributed by atoms with E-state index in [1.807, 2.05) is 11.0 Å². The summed E-state index contributed by atoms with van der Waals surface area (Å²) < 4.78 is 5.68. The van der Waals surface area contributed by atoms with Crippen LogP contribution in [-0.4, -0.2) is 35.9 Å². The highest BCUT2D eigenvalue weighted by atomic mass is 16.3. The number of nitrogen functional groups attached to an aromatic ring is 1. The first-order valence-electron chi connectivity index (χ1n) is 6.70. The number of fused-ring (bicyclic) bond motifs is 1. The Hall–Kier alpha value is -2.08. The topological polar surface area (TPSA) is 84.4 Å². The number of nitrogens with zero attached hydrogens (tertiary/aromatic N) is 2. The average molecular weight is 276 g/mol. The van der Waals surface area contributed by atoms with Gasteiger partial charge in [0.2, 0.25) is 11.8 Å². The normalized spacial score (nSPS) is 11.2. The van der Waals surface area contributed by atoms with Gasteiger partial charge in [0.15, 0.2) is 5.58 Å². The van der Waals surface area contributed by atoms with Crippen LogP contribution in [0, 0.1) is 0 Å². The summed E-state index contributed by atoms with van der Waals surface area (Å²) in [5, 5.41) is 2.63. The summed E-state index contributed by atoms with van der Waals surface area (Å²) in [6.07, 6.45) is 0.962. The molecule has 0 aliphatic carbocycles. The third kappa shape index (κ3) is 3.48. The lowest BCUT2D eigenvalue weighted by atomic mass is 10.3. The van der Waals surface area contributed by atoms with Crippen molar-refractivity contribution in [2.75, 3.05) is 25.9 Å². The summed E-state index contributed by atoms with van der Waals surface area (Å²) >= 11 is 0. The number of oxazole rings is 1. The molecule has 1 heterocycles. The van der Waals surface area contributed by atoms with Crippen LogP contribution in [0.2, 0.25) is 0 Å². The molecule has 2 aromatic rings. The maximum Gasteiger partial charge on any atom is 0.233 e.